The number of Topliss-reactive ketones (excluding diaryl/α,β-unsaturated/α-hetero) is 1. The van der Waals surface area contributed by atoms with E-state index in [1.165, 1.54) is 11.3 Å². The Hall–Kier alpha value is -1.95. The number of rotatable bonds is 3. The van der Waals surface area contributed by atoms with E-state index in [-0.39, 0.29) is 17.6 Å². The molecular formula is C18H21N3O2S. The van der Waals surface area contributed by atoms with E-state index in [9.17, 15) is 9.59 Å². The van der Waals surface area contributed by atoms with E-state index in [1.54, 1.807) is 0 Å². The van der Waals surface area contributed by atoms with Gasteiger partial charge in [-0.25, -0.2) is 0 Å². The maximum Gasteiger partial charge on any atom is 0.274 e. The molecule has 5 nitrogen and oxygen atoms in total. The zero-order valence-corrected chi connectivity index (χ0v) is 14.4. The van der Waals surface area contributed by atoms with E-state index in [0.29, 0.717) is 18.8 Å². The lowest BCUT2D eigenvalue weighted by atomic mass is 9.92. The molecule has 0 saturated carbocycles. The summed E-state index contributed by atoms with van der Waals surface area (Å²) in [5.41, 5.74) is 2.79. The van der Waals surface area contributed by atoms with Crippen LogP contribution < -0.4 is 0 Å². The van der Waals surface area contributed by atoms with Gasteiger partial charge < -0.3 is 4.90 Å². The number of likely N-dealkylation sites (tertiary alicyclic amines) is 1. The van der Waals surface area contributed by atoms with Crippen molar-refractivity contribution in [2.75, 3.05) is 13.1 Å². The van der Waals surface area contributed by atoms with E-state index >= 15 is 0 Å². The fourth-order valence-corrected chi connectivity index (χ4v) is 4.55. The monoisotopic (exact) mass is 343 g/mol. The molecule has 2 aliphatic rings. The topological polar surface area (TPSA) is 66.1 Å². The normalized spacial score (nSPS) is 20.7. The average molecular weight is 343 g/mol. The summed E-state index contributed by atoms with van der Waals surface area (Å²) in [7, 11) is 0. The van der Waals surface area contributed by atoms with Gasteiger partial charge in [-0.05, 0) is 50.0 Å². The molecule has 1 amide bonds. The fraction of sp³-hybridized carbons (Fsp3) is 0.500. The molecule has 126 valence electrons. The van der Waals surface area contributed by atoms with Gasteiger partial charge in [0.2, 0.25) is 0 Å². The minimum Gasteiger partial charge on any atom is -0.337 e. The summed E-state index contributed by atoms with van der Waals surface area (Å²) in [6.07, 6.45) is 5.92. The van der Waals surface area contributed by atoms with Crippen LogP contribution in [0, 0.1) is 5.92 Å². The van der Waals surface area contributed by atoms with Gasteiger partial charge in [0.25, 0.3) is 5.91 Å². The van der Waals surface area contributed by atoms with Crippen LogP contribution in [-0.4, -0.2) is 39.9 Å². The van der Waals surface area contributed by atoms with E-state index in [4.69, 9.17) is 0 Å². The highest BCUT2D eigenvalue weighted by atomic mass is 32.1. The van der Waals surface area contributed by atoms with Crippen LogP contribution >= 0.6 is 11.3 Å². The maximum absolute atomic E-state index is 12.9. The van der Waals surface area contributed by atoms with Crippen LogP contribution in [-0.2, 0) is 12.8 Å². The average Bonchev–Trinajstić information content (AvgIpc) is 3.30. The molecule has 2 aromatic rings. The minimum absolute atomic E-state index is 0.0157. The number of amides is 1. The van der Waals surface area contributed by atoms with Crippen molar-refractivity contribution in [3.05, 3.63) is 39.3 Å². The van der Waals surface area contributed by atoms with Crippen LogP contribution in [0.25, 0.3) is 0 Å². The van der Waals surface area contributed by atoms with Crippen molar-refractivity contribution in [3.63, 3.8) is 0 Å². The molecule has 0 radical (unpaired) electrons. The Morgan fingerprint density at radius 3 is 2.96 bits per heavy atom. The summed E-state index contributed by atoms with van der Waals surface area (Å²) in [5.74, 6) is 0.0701. The van der Waals surface area contributed by atoms with Crippen LogP contribution in [0.5, 0.6) is 0 Å². The number of aromatic nitrogens is 2. The Kier molecular flexibility index (Phi) is 4.22. The van der Waals surface area contributed by atoms with Gasteiger partial charge >= 0.3 is 0 Å². The molecule has 1 fully saturated rings. The van der Waals surface area contributed by atoms with Gasteiger partial charge in [-0.3, -0.25) is 14.7 Å². The zero-order valence-electron chi connectivity index (χ0n) is 13.6. The van der Waals surface area contributed by atoms with Gasteiger partial charge in [-0.2, -0.15) is 5.10 Å². The van der Waals surface area contributed by atoms with E-state index in [1.807, 2.05) is 22.4 Å². The number of aromatic amines is 1. The highest BCUT2D eigenvalue weighted by Crippen LogP contribution is 2.27. The molecular weight excluding hydrogens is 322 g/mol. The lowest BCUT2D eigenvalue weighted by molar-refractivity contribution is 0.0632. The number of nitrogens with zero attached hydrogens (tertiary/aromatic N) is 2. The quantitative estimate of drug-likeness (QED) is 0.871. The van der Waals surface area contributed by atoms with Crippen molar-refractivity contribution in [2.24, 2.45) is 5.92 Å². The zero-order chi connectivity index (χ0) is 16.5. The molecule has 1 atom stereocenters. The molecule has 1 aliphatic carbocycles. The molecule has 4 rings (SSSR count). The number of thiophene rings is 1. The summed E-state index contributed by atoms with van der Waals surface area (Å²) < 4.78 is 0. The standard InChI is InChI=1S/C18H21N3O2S/c22-17(15-8-4-10-24-15)12-5-3-9-21(11-12)18(23)16-13-6-1-2-7-14(13)19-20-16/h4,8,10,12H,1-3,5-7,9,11H2,(H,19,20). The molecule has 1 unspecified atom stereocenters. The number of aryl methyl sites for hydroxylation is 1. The molecule has 6 heteroatoms. The number of hydrogen-bond acceptors (Lipinski definition) is 4. The van der Waals surface area contributed by atoms with Crippen molar-refractivity contribution < 1.29 is 9.59 Å². The Morgan fingerprint density at radius 1 is 1.25 bits per heavy atom. The highest BCUT2D eigenvalue weighted by Gasteiger charge is 2.32. The van der Waals surface area contributed by atoms with E-state index < -0.39 is 0 Å². The van der Waals surface area contributed by atoms with Crippen molar-refractivity contribution in [1.82, 2.24) is 15.1 Å². The van der Waals surface area contributed by atoms with Gasteiger partial charge in [-0.15, -0.1) is 11.3 Å². The number of fused-ring (bicyclic) bond motifs is 1. The summed E-state index contributed by atoms with van der Waals surface area (Å²) >= 11 is 1.48. The second-order valence-corrected chi connectivity index (χ2v) is 7.62. The van der Waals surface area contributed by atoms with Gasteiger partial charge in [0.05, 0.1) is 4.88 Å². The Bertz CT molecular complexity index is 750. The number of H-pyrrole nitrogens is 1. The molecule has 24 heavy (non-hydrogen) atoms. The lowest BCUT2D eigenvalue weighted by Crippen LogP contribution is -2.42. The molecule has 1 saturated heterocycles. The van der Waals surface area contributed by atoms with E-state index in [0.717, 1.165) is 54.7 Å². The molecule has 2 aromatic heterocycles. The summed E-state index contributed by atoms with van der Waals surface area (Å²) in [6, 6.07) is 3.78. The first kappa shape index (κ1) is 15.6. The third-order valence-corrected chi connectivity index (χ3v) is 5.99. The molecule has 3 heterocycles. The summed E-state index contributed by atoms with van der Waals surface area (Å²) in [4.78, 5) is 28.1. The number of carbonyl (C=O) groups is 2. The predicted octanol–water partition coefficient (Wildman–Crippen LogP) is 3.09. The van der Waals surface area contributed by atoms with E-state index in [2.05, 4.69) is 10.2 Å². The Morgan fingerprint density at radius 2 is 2.12 bits per heavy atom. The molecule has 1 aliphatic heterocycles. The second-order valence-electron chi connectivity index (χ2n) is 6.67. The SMILES string of the molecule is O=C(c1cccs1)C1CCCN(C(=O)c2n[nH]c3c2CCCC3)C1. The third kappa shape index (κ3) is 2.79. The van der Waals surface area contributed by atoms with Crippen molar-refractivity contribution in [2.45, 2.75) is 38.5 Å². The smallest absolute Gasteiger partial charge is 0.274 e. The highest BCUT2D eigenvalue weighted by molar-refractivity contribution is 7.12. The number of hydrogen-bond donors (Lipinski definition) is 1. The molecule has 0 spiro atoms. The largest absolute Gasteiger partial charge is 0.337 e. The number of nitrogens with one attached hydrogen (secondary N) is 1. The van der Waals surface area contributed by atoms with Gasteiger partial charge in [0.15, 0.2) is 11.5 Å². The Balaban J connectivity index is 1.51. The minimum atomic E-state index is -0.0869. The number of piperidine rings is 1. The maximum atomic E-state index is 12.9. The van der Waals surface area contributed by atoms with Crippen molar-refractivity contribution in [3.8, 4) is 0 Å². The first-order valence-corrected chi connectivity index (χ1v) is 9.55. The fourth-order valence-electron chi connectivity index (χ4n) is 3.80. The van der Waals surface area contributed by atoms with Gasteiger partial charge in [0.1, 0.15) is 0 Å². The van der Waals surface area contributed by atoms with Gasteiger partial charge in [-0.1, -0.05) is 6.07 Å². The number of carbonyl (C=O) groups excluding carboxylic acids is 2. The Labute approximate surface area is 145 Å². The van der Waals surface area contributed by atoms with Crippen LogP contribution in [0.15, 0.2) is 17.5 Å². The van der Waals surface area contributed by atoms with Crippen molar-refractivity contribution >= 4 is 23.0 Å². The second kappa shape index (κ2) is 6.51. The van der Waals surface area contributed by atoms with Gasteiger partial charge in [0, 0.05) is 30.3 Å². The first-order valence-electron chi connectivity index (χ1n) is 8.67. The number of ketones is 1. The predicted molar refractivity (Wildman–Crippen MR) is 92.5 cm³/mol. The van der Waals surface area contributed by atoms with Crippen LogP contribution in [0.2, 0.25) is 0 Å². The third-order valence-electron chi connectivity index (χ3n) is 5.10. The lowest BCUT2D eigenvalue weighted by Gasteiger charge is -2.31. The van der Waals surface area contributed by atoms with Crippen LogP contribution in [0.4, 0.5) is 0 Å². The van der Waals surface area contributed by atoms with Crippen molar-refractivity contribution in [1.29, 1.82) is 0 Å². The first-order chi connectivity index (χ1) is 11.7. The van der Waals surface area contributed by atoms with Crippen LogP contribution in [0.1, 0.15) is 57.1 Å². The summed E-state index contributed by atoms with van der Waals surface area (Å²) in [5, 5.41) is 9.26. The summed E-state index contributed by atoms with van der Waals surface area (Å²) in [6.45, 7) is 1.23. The molecule has 0 aromatic carbocycles. The molecule has 0 bridgehead atoms. The van der Waals surface area contributed by atoms with Crippen LogP contribution in [0.3, 0.4) is 0 Å². The molecule has 1 N–H and O–H groups in total.